The van der Waals surface area contributed by atoms with Crippen LogP contribution in [0.3, 0.4) is 0 Å². The van der Waals surface area contributed by atoms with Crippen molar-refractivity contribution in [3.8, 4) is 6.07 Å². The number of alkyl halides is 3. The topological polar surface area (TPSA) is 61.2 Å². The number of Topliss-reactive ketones (excluding diaryl/α,β-unsaturated/α-hetero) is 1. The molecule has 0 unspecified atom stereocenters. The average Bonchev–Trinajstić information content (AvgIpc) is 2.40. The van der Waals surface area contributed by atoms with Crippen LogP contribution in [-0.4, -0.2) is 35.9 Å². The molecule has 1 fully saturated rings. The molecule has 0 bridgehead atoms. The van der Waals surface area contributed by atoms with Crippen LogP contribution in [0.2, 0.25) is 0 Å². The van der Waals surface area contributed by atoms with E-state index in [-0.39, 0.29) is 30.4 Å². The van der Waals surface area contributed by atoms with Gasteiger partial charge in [-0.25, -0.2) is 0 Å². The number of ketones is 1. The molecule has 0 radical (unpaired) electrons. The van der Waals surface area contributed by atoms with E-state index in [9.17, 15) is 22.8 Å². The second kappa shape index (κ2) is 4.83. The van der Waals surface area contributed by atoms with Gasteiger partial charge in [0.25, 0.3) is 0 Å². The number of hydrogen-bond donors (Lipinski definition) is 0. The van der Waals surface area contributed by atoms with Gasteiger partial charge in [0, 0.05) is 23.9 Å². The molecule has 7 heteroatoms. The molecule has 0 saturated carbocycles. The second-order valence-electron chi connectivity index (χ2n) is 6.79. The van der Waals surface area contributed by atoms with Gasteiger partial charge >= 0.3 is 12.1 Å². The van der Waals surface area contributed by atoms with Crippen LogP contribution in [0.15, 0.2) is 11.6 Å². The molecule has 1 saturated heterocycles. The first-order chi connectivity index (χ1) is 9.93. The molecule has 4 nitrogen and oxygen atoms in total. The summed E-state index contributed by atoms with van der Waals surface area (Å²) >= 11 is 0. The zero-order valence-electron chi connectivity index (χ0n) is 12.6. The number of fused-ring (bicyclic) bond motifs is 1. The summed E-state index contributed by atoms with van der Waals surface area (Å²) in [5, 5.41) is 9.10. The lowest BCUT2D eigenvalue weighted by Gasteiger charge is -2.52. The Morgan fingerprint density at radius 2 is 2.00 bits per heavy atom. The molecule has 0 aromatic carbocycles. The van der Waals surface area contributed by atoms with E-state index < -0.39 is 22.9 Å². The molecule has 22 heavy (non-hydrogen) atoms. The van der Waals surface area contributed by atoms with Crippen molar-refractivity contribution in [2.45, 2.75) is 33.4 Å². The number of allylic oxidation sites excluding steroid dienone is 1. The molecule has 1 amide bonds. The van der Waals surface area contributed by atoms with Gasteiger partial charge in [-0.1, -0.05) is 26.8 Å². The Balaban J connectivity index is 2.41. The maximum atomic E-state index is 12.6. The highest BCUT2D eigenvalue weighted by atomic mass is 19.4. The van der Waals surface area contributed by atoms with Crippen LogP contribution in [0.1, 0.15) is 27.2 Å². The lowest BCUT2D eigenvalue weighted by Crippen LogP contribution is -2.58. The summed E-state index contributed by atoms with van der Waals surface area (Å²) in [4.78, 5) is 24.5. The van der Waals surface area contributed by atoms with Crippen LogP contribution < -0.4 is 0 Å². The van der Waals surface area contributed by atoms with Crippen molar-refractivity contribution < 1.29 is 22.8 Å². The number of nitrogens with zero attached hydrogens (tertiary/aromatic N) is 2. The third-order valence-corrected chi connectivity index (χ3v) is 4.84. The van der Waals surface area contributed by atoms with Crippen LogP contribution in [0.4, 0.5) is 13.2 Å². The van der Waals surface area contributed by atoms with Crippen molar-refractivity contribution in [3.05, 3.63) is 11.6 Å². The minimum absolute atomic E-state index is 0.0367. The number of rotatable bonds is 0. The van der Waals surface area contributed by atoms with E-state index >= 15 is 0 Å². The molecule has 0 N–H and O–H groups in total. The van der Waals surface area contributed by atoms with Crippen molar-refractivity contribution in [3.63, 3.8) is 0 Å². The zero-order chi connectivity index (χ0) is 16.9. The molecule has 120 valence electrons. The highest BCUT2D eigenvalue weighted by Crippen LogP contribution is 2.52. The molecule has 2 atom stereocenters. The largest absolute Gasteiger partial charge is 0.471 e. The fourth-order valence-electron chi connectivity index (χ4n) is 3.88. The maximum Gasteiger partial charge on any atom is 0.471 e. The van der Waals surface area contributed by atoms with E-state index in [0.717, 1.165) is 4.90 Å². The van der Waals surface area contributed by atoms with Gasteiger partial charge in [0.05, 0.1) is 5.57 Å². The Labute approximate surface area is 126 Å². The monoisotopic (exact) mass is 314 g/mol. The Hall–Kier alpha value is -1.84. The van der Waals surface area contributed by atoms with Crippen LogP contribution in [-0.2, 0) is 9.59 Å². The van der Waals surface area contributed by atoms with E-state index in [1.807, 2.05) is 6.07 Å². The lowest BCUT2D eigenvalue weighted by molar-refractivity contribution is -0.190. The van der Waals surface area contributed by atoms with Gasteiger partial charge in [0.1, 0.15) is 6.07 Å². The first kappa shape index (κ1) is 16.5. The summed E-state index contributed by atoms with van der Waals surface area (Å²) in [7, 11) is 0. The van der Waals surface area contributed by atoms with Gasteiger partial charge < -0.3 is 4.90 Å². The first-order valence-electron chi connectivity index (χ1n) is 6.97. The average molecular weight is 314 g/mol. The van der Waals surface area contributed by atoms with Crippen molar-refractivity contribution in [1.29, 1.82) is 5.26 Å². The molecule has 1 aliphatic carbocycles. The lowest BCUT2D eigenvalue weighted by atomic mass is 9.55. The summed E-state index contributed by atoms with van der Waals surface area (Å²) in [5.41, 5.74) is -1.69. The number of halogens is 3. The molecule has 0 aromatic heterocycles. The molecular weight excluding hydrogens is 297 g/mol. The first-order valence-corrected chi connectivity index (χ1v) is 6.97. The third kappa shape index (κ3) is 2.40. The van der Waals surface area contributed by atoms with Crippen molar-refractivity contribution in [2.75, 3.05) is 13.1 Å². The van der Waals surface area contributed by atoms with Crippen LogP contribution in [0, 0.1) is 28.1 Å². The van der Waals surface area contributed by atoms with Crippen molar-refractivity contribution in [2.24, 2.45) is 16.7 Å². The normalized spacial score (nSPS) is 31.1. The van der Waals surface area contributed by atoms with Gasteiger partial charge in [0.15, 0.2) is 5.78 Å². The number of amides is 1. The molecule has 0 aromatic rings. The number of hydrogen-bond acceptors (Lipinski definition) is 3. The van der Waals surface area contributed by atoms with Gasteiger partial charge in [0.2, 0.25) is 0 Å². The Bertz CT molecular complexity index is 601. The molecular formula is C15H17F3N2O2. The quantitative estimate of drug-likeness (QED) is 0.690. The summed E-state index contributed by atoms with van der Waals surface area (Å²) < 4.78 is 37.9. The number of carbonyl (C=O) groups is 2. The van der Waals surface area contributed by atoms with Crippen LogP contribution >= 0.6 is 0 Å². The molecule has 2 rings (SSSR count). The zero-order valence-corrected chi connectivity index (χ0v) is 12.6. The predicted octanol–water partition coefficient (Wildman–Crippen LogP) is 2.46. The number of likely N-dealkylation sites (tertiary alicyclic amines) is 1. The highest BCUT2D eigenvalue weighted by molar-refractivity contribution is 6.04. The second-order valence-corrected chi connectivity index (χ2v) is 6.79. The van der Waals surface area contributed by atoms with E-state index in [1.54, 1.807) is 20.8 Å². The van der Waals surface area contributed by atoms with Gasteiger partial charge in [-0.05, 0) is 12.3 Å². The highest BCUT2D eigenvalue weighted by Gasteiger charge is 2.55. The molecule has 2 aliphatic rings. The van der Waals surface area contributed by atoms with E-state index in [4.69, 9.17) is 5.26 Å². The van der Waals surface area contributed by atoms with Gasteiger partial charge in [-0.2, -0.15) is 18.4 Å². The van der Waals surface area contributed by atoms with E-state index in [1.165, 1.54) is 6.08 Å². The SMILES string of the molecule is CC1(C)C(=O)C(C#N)=C[C@@]2(C)CN(C(=O)C(F)(F)F)CC[C@H]12. The molecule has 1 aliphatic heterocycles. The standard InChI is InChI=1S/C15H17F3N2O2/c1-13(2)10-4-5-20(12(22)15(16,17)18)8-14(10,3)6-9(7-19)11(13)21/h6,10H,4-5,8H2,1-3H3/t10-,14+/m1/s1. The van der Waals surface area contributed by atoms with Gasteiger partial charge in [-0.3, -0.25) is 9.59 Å². The minimum Gasteiger partial charge on any atom is -0.334 e. The smallest absolute Gasteiger partial charge is 0.334 e. The number of carbonyl (C=O) groups excluding carboxylic acids is 2. The summed E-state index contributed by atoms with van der Waals surface area (Å²) in [5.74, 6) is -2.36. The number of piperidine rings is 1. The van der Waals surface area contributed by atoms with E-state index in [2.05, 4.69) is 0 Å². The maximum absolute atomic E-state index is 12.6. The van der Waals surface area contributed by atoms with Gasteiger partial charge in [-0.15, -0.1) is 0 Å². The fraction of sp³-hybridized carbons (Fsp3) is 0.667. The van der Waals surface area contributed by atoms with E-state index in [0.29, 0.717) is 6.42 Å². The Morgan fingerprint density at radius 1 is 1.41 bits per heavy atom. The van der Waals surface area contributed by atoms with Crippen LogP contribution in [0.25, 0.3) is 0 Å². The summed E-state index contributed by atoms with van der Waals surface area (Å²) in [6, 6.07) is 1.83. The summed E-state index contributed by atoms with van der Waals surface area (Å²) in [6.07, 6.45) is -3.17. The Kier molecular flexibility index (Phi) is 3.63. The van der Waals surface area contributed by atoms with Crippen molar-refractivity contribution in [1.82, 2.24) is 4.90 Å². The fourth-order valence-corrected chi connectivity index (χ4v) is 3.88. The molecule has 0 spiro atoms. The van der Waals surface area contributed by atoms with Crippen LogP contribution in [0.5, 0.6) is 0 Å². The van der Waals surface area contributed by atoms with Crippen molar-refractivity contribution >= 4 is 11.7 Å². The molecule has 1 heterocycles. The summed E-state index contributed by atoms with van der Waals surface area (Å²) in [6.45, 7) is 4.95. The number of nitriles is 1. The predicted molar refractivity (Wildman–Crippen MR) is 71.3 cm³/mol. The Morgan fingerprint density at radius 3 is 2.50 bits per heavy atom. The minimum atomic E-state index is -4.91. The third-order valence-electron chi connectivity index (χ3n) is 4.84.